The molecule has 0 spiro atoms. The van der Waals surface area contributed by atoms with Crippen LogP contribution in [0.5, 0.6) is 0 Å². The monoisotopic (exact) mass is 381 g/mol. The van der Waals surface area contributed by atoms with E-state index >= 15 is 0 Å². The Kier molecular flexibility index (Phi) is 7.71. The first-order valence-electron chi connectivity index (χ1n) is 7.44. The molecular formula is C13H23N3O8S. The summed E-state index contributed by atoms with van der Waals surface area (Å²) < 4.78 is 6.49. The second-order valence-electron chi connectivity index (χ2n) is 6.17. The second kappa shape index (κ2) is 8.87. The van der Waals surface area contributed by atoms with Crippen molar-refractivity contribution >= 4 is 23.8 Å². The minimum Gasteiger partial charge on any atom is -0.394 e. The number of rotatable bonds is 7. The van der Waals surface area contributed by atoms with Crippen molar-refractivity contribution < 1.29 is 34.8 Å². The Hall–Kier alpha value is -1.31. The highest BCUT2D eigenvalue weighted by Gasteiger charge is 2.46. The number of aliphatic hydroxyl groups is 4. The number of amides is 2. The van der Waals surface area contributed by atoms with Crippen LogP contribution >= 0.6 is 11.9 Å². The zero-order valence-electron chi connectivity index (χ0n) is 13.9. The molecule has 1 aliphatic rings. The third-order valence-electron chi connectivity index (χ3n) is 3.79. The molecule has 1 saturated heterocycles. The van der Waals surface area contributed by atoms with Crippen LogP contribution in [0.3, 0.4) is 0 Å². The number of carbonyl (C=O) groups is 2. The van der Waals surface area contributed by atoms with E-state index in [1.807, 2.05) is 0 Å². The minimum atomic E-state index is -1.70. The number of nitrogens with one attached hydrogen (secondary N) is 2. The number of hydrogen-bond acceptors (Lipinski definition) is 10. The topological polar surface area (TPSA) is 178 Å². The molecule has 0 aliphatic carbocycles. The zero-order valence-corrected chi connectivity index (χ0v) is 14.8. The van der Waals surface area contributed by atoms with Crippen molar-refractivity contribution in [1.29, 1.82) is 0 Å². The average Bonchev–Trinajstić information content (AvgIpc) is 2.52. The predicted octanol–water partition coefficient (Wildman–Crippen LogP) is -2.40. The molecule has 1 aliphatic heterocycles. The van der Waals surface area contributed by atoms with Crippen LogP contribution < -0.4 is 10.6 Å². The number of hydrogen-bond donors (Lipinski definition) is 6. The molecule has 0 saturated carbocycles. The molecule has 0 aromatic heterocycles. The van der Waals surface area contributed by atoms with Crippen LogP contribution in [0, 0.1) is 4.91 Å². The first-order valence-corrected chi connectivity index (χ1v) is 8.21. The molecule has 0 aromatic rings. The summed E-state index contributed by atoms with van der Waals surface area (Å²) in [6, 6.07) is -2.63. The van der Waals surface area contributed by atoms with Crippen molar-refractivity contribution in [3.8, 4) is 0 Å². The van der Waals surface area contributed by atoms with Gasteiger partial charge in [-0.2, -0.15) is 0 Å². The molecule has 1 fully saturated rings. The standard InChI is InChI=1S/C13H23N3O8S/c1-5(18)14-10(13(2,3)25-16-23)11(21)15-7-9(20)8(19)6(4-17)24-12(7)22/h6-10,12,17,19-20,22H,4H2,1-3H3,(H,14,18)(H,15,21)/t6?,7?,8-,9?,10?,12-/m1/s1. The molecule has 6 N–H and O–H groups in total. The molecule has 0 radical (unpaired) electrons. The van der Waals surface area contributed by atoms with Crippen LogP contribution in [-0.2, 0) is 14.3 Å². The van der Waals surface area contributed by atoms with E-state index in [1.54, 1.807) is 0 Å². The van der Waals surface area contributed by atoms with E-state index in [0.29, 0.717) is 11.9 Å². The predicted molar refractivity (Wildman–Crippen MR) is 87.0 cm³/mol. The maximum atomic E-state index is 12.5. The fourth-order valence-electron chi connectivity index (χ4n) is 2.41. The number of ether oxygens (including phenoxy) is 1. The summed E-state index contributed by atoms with van der Waals surface area (Å²) in [6.45, 7) is 3.54. The lowest BCUT2D eigenvalue weighted by Gasteiger charge is -2.41. The summed E-state index contributed by atoms with van der Waals surface area (Å²) in [6.07, 6.45) is -6.08. The maximum absolute atomic E-state index is 12.5. The summed E-state index contributed by atoms with van der Waals surface area (Å²) in [5.41, 5.74) is 0. The van der Waals surface area contributed by atoms with E-state index in [4.69, 9.17) is 9.84 Å². The summed E-state index contributed by atoms with van der Waals surface area (Å²) in [4.78, 5) is 34.4. The number of nitroso groups, excluding NO2 is 1. The van der Waals surface area contributed by atoms with Gasteiger partial charge >= 0.3 is 0 Å². The summed E-state index contributed by atoms with van der Waals surface area (Å²) in [7, 11) is 0. The van der Waals surface area contributed by atoms with Crippen LogP contribution in [0.1, 0.15) is 20.8 Å². The molecule has 0 bridgehead atoms. The maximum Gasteiger partial charge on any atom is 0.244 e. The largest absolute Gasteiger partial charge is 0.394 e. The Bertz CT molecular complexity index is 506. The fraction of sp³-hybridized carbons (Fsp3) is 0.846. The lowest BCUT2D eigenvalue weighted by Crippen LogP contribution is -2.67. The van der Waals surface area contributed by atoms with Crippen molar-refractivity contribution in [1.82, 2.24) is 10.6 Å². The number of aliphatic hydroxyl groups excluding tert-OH is 4. The van der Waals surface area contributed by atoms with Gasteiger partial charge in [-0.1, -0.05) is 0 Å². The molecule has 2 amide bonds. The van der Waals surface area contributed by atoms with E-state index in [0.717, 1.165) is 0 Å². The van der Waals surface area contributed by atoms with E-state index in [2.05, 4.69) is 15.2 Å². The van der Waals surface area contributed by atoms with Gasteiger partial charge in [-0.15, -0.1) is 4.91 Å². The van der Waals surface area contributed by atoms with E-state index < -0.39 is 59.9 Å². The molecule has 0 aromatic carbocycles. The van der Waals surface area contributed by atoms with Gasteiger partial charge in [0.2, 0.25) is 11.8 Å². The summed E-state index contributed by atoms with van der Waals surface area (Å²) >= 11 is 0.535. The van der Waals surface area contributed by atoms with Gasteiger partial charge in [-0.3, -0.25) is 9.59 Å². The third-order valence-corrected chi connectivity index (χ3v) is 4.57. The smallest absolute Gasteiger partial charge is 0.244 e. The highest BCUT2D eigenvalue weighted by molar-refractivity contribution is 7.99. The number of carbonyl (C=O) groups excluding carboxylic acids is 2. The Labute approximate surface area is 148 Å². The lowest BCUT2D eigenvalue weighted by molar-refractivity contribution is -0.254. The van der Waals surface area contributed by atoms with Gasteiger partial charge in [0, 0.05) is 23.5 Å². The normalized spacial score (nSPS) is 31.1. The first kappa shape index (κ1) is 21.7. The van der Waals surface area contributed by atoms with E-state index in [9.17, 15) is 29.8 Å². The zero-order chi connectivity index (χ0) is 19.4. The summed E-state index contributed by atoms with van der Waals surface area (Å²) in [5, 5.41) is 43.5. The Morgan fingerprint density at radius 3 is 2.36 bits per heavy atom. The van der Waals surface area contributed by atoms with Crippen LogP contribution in [-0.4, -0.2) is 80.3 Å². The summed E-state index contributed by atoms with van der Waals surface area (Å²) in [5.74, 6) is -1.36. The molecule has 1 heterocycles. The average molecular weight is 381 g/mol. The van der Waals surface area contributed by atoms with Gasteiger partial charge in [-0.05, 0) is 13.8 Å². The van der Waals surface area contributed by atoms with Gasteiger partial charge in [-0.25, -0.2) is 0 Å². The van der Waals surface area contributed by atoms with Crippen molar-refractivity contribution in [2.75, 3.05) is 6.61 Å². The van der Waals surface area contributed by atoms with Crippen molar-refractivity contribution in [2.45, 2.75) is 62.2 Å². The minimum absolute atomic E-state index is 0.535. The van der Waals surface area contributed by atoms with Crippen LogP contribution in [0.25, 0.3) is 0 Å². The first-order chi connectivity index (χ1) is 11.5. The molecule has 6 atom stereocenters. The van der Waals surface area contributed by atoms with Crippen LogP contribution in [0.15, 0.2) is 4.58 Å². The van der Waals surface area contributed by atoms with Gasteiger partial charge < -0.3 is 35.8 Å². The number of nitrogens with zero attached hydrogens (tertiary/aromatic N) is 1. The van der Waals surface area contributed by atoms with Gasteiger partial charge in [0.1, 0.15) is 30.4 Å². The van der Waals surface area contributed by atoms with Crippen LogP contribution in [0.2, 0.25) is 0 Å². The highest BCUT2D eigenvalue weighted by Crippen LogP contribution is 2.29. The van der Waals surface area contributed by atoms with E-state index in [1.165, 1.54) is 20.8 Å². The SMILES string of the molecule is CC(=O)NC(C(=O)NC1C(O)[C@H](O)C(CO)O[C@H]1O)C(C)(C)SN=O. The highest BCUT2D eigenvalue weighted by atomic mass is 32.2. The Morgan fingerprint density at radius 2 is 1.88 bits per heavy atom. The molecule has 12 heteroatoms. The third kappa shape index (κ3) is 5.33. The molecule has 11 nitrogen and oxygen atoms in total. The van der Waals surface area contributed by atoms with Gasteiger partial charge in [0.05, 0.1) is 11.4 Å². The quantitative estimate of drug-likeness (QED) is 0.207. The van der Waals surface area contributed by atoms with Crippen molar-refractivity contribution in [3.05, 3.63) is 4.91 Å². The molecule has 144 valence electrons. The Morgan fingerprint density at radius 1 is 1.28 bits per heavy atom. The van der Waals surface area contributed by atoms with Crippen molar-refractivity contribution in [3.63, 3.8) is 0 Å². The van der Waals surface area contributed by atoms with E-state index in [-0.39, 0.29) is 0 Å². The fourth-order valence-corrected chi connectivity index (χ4v) is 2.87. The van der Waals surface area contributed by atoms with Gasteiger partial charge in [0.25, 0.3) is 0 Å². The molecule has 25 heavy (non-hydrogen) atoms. The lowest BCUT2D eigenvalue weighted by atomic mass is 9.95. The Balaban J connectivity index is 2.95. The molecule has 1 rings (SSSR count). The second-order valence-corrected chi connectivity index (χ2v) is 7.55. The van der Waals surface area contributed by atoms with Crippen LogP contribution in [0.4, 0.5) is 0 Å². The van der Waals surface area contributed by atoms with Crippen molar-refractivity contribution in [2.24, 2.45) is 4.58 Å². The molecular weight excluding hydrogens is 358 g/mol. The van der Waals surface area contributed by atoms with Gasteiger partial charge in [0.15, 0.2) is 6.29 Å². The molecule has 4 unspecified atom stereocenters.